The highest BCUT2D eigenvalue weighted by molar-refractivity contribution is 14.1. The van der Waals surface area contributed by atoms with Gasteiger partial charge >= 0.3 is 0 Å². The molecule has 0 saturated heterocycles. The molecule has 0 bridgehead atoms. The molecular formula is C23H16BrClIN3O3S. The molecule has 0 saturated carbocycles. The van der Waals surface area contributed by atoms with Gasteiger partial charge in [0.05, 0.1) is 17.2 Å². The zero-order chi connectivity index (χ0) is 23.5. The second-order valence-corrected chi connectivity index (χ2v) is 9.73. The third kappa shape index (κ3) is 5.65. The van der Waals surface area contributed by atoms with Gasteiger partial charge in [0.1, 0.15) is 11.3 Å². The van der Waals surface area contributed by atoms with Crippen LogP contribution in [0.1, 0.15) is 17.3 Å². The van der Waals surface area contributed by atoms with Crippen molar-refractivity contribution in [2.45, 2.75) is 6.92 Å². The van der Waals surface area contributed by atoms with Crippen molar-refractivity contribution >= 4 is 90.1 Å². The smallest absolute Gasteiger partial charge is 0.257 e. The number of carbonyl (C=O) groups is 1. The molecule has 0 aliphatic heterocycles. The Labute approximate surface area is 222 Å². The zero-order valence-corrected chi connectivity index (χ0v) is 22.4. The largest absolute Gasteiger partial charge is 0.492 e. The minimum Gasteiger partial charge on any atom is -0.492 e. The Balaban J connectivity index is 1.47. The molecule has 3 aromatic carbocycles. The van der Waals surface area contributed by atoms with Crippen molar-refractivity contribution < 1.29 is 13.9 Å². The number of nitrogens with zero attached hydrogens (tertiary/aromatic N) is 1. The number of ether oxygens (including phenoxy) is 1. The molecule has 0 unspecified atom stereocenters. The Morgan fingerprint density at radius 3 is 2.79 bits per heavy atom. The third-order valence-corrected chi connectivity index (χ3v) is 6.39. The molecule has 1 heterocycles. The number of rotatable bonds is 5. The van der Waals surface area contributed by atoms with Crippen molar-refractivity contribution in [3.8, 4) is 17.2 Å². The van der Waals surface area contributed by atoms with E-state index in [0.29, 0.717) is 45.6 Å². The Kier molecular flexibility index (Phi) is 7.52. The van der Waals surface area contributed by atoms with Crippen LogP contribution in [0.15, 0.2) is 63.5 Å². The van der Waals surface area contributed by atoms with E-state index in [2.05, 4.69) is 54.1 Å². The summed E-state index contributed by atoms with van der Waals surface area (Å²) in [5.41, 5.74) is 3.20. The van der Waals surface area contributed by atoms with Crippen LogP contribution >= 0.6 is 62.3 Å². The number of amides is 1. The lowest BCUT2D eigenvalue weighted by Crippen LogP contribution is -2.34. The van der Waals surface area contributed by atoms with Crippen LogP contribution in [-0.2, 0) is 0 Å². The number of fused-ring (bicyclic) bond motifs is 1. The van der Waals surface area contributed by atoms with E-state index in [0.717, 1.165) is 13.6 Å². The molecule has 168 valence electrons. The summed E-state index contributed by atoms with van der Waals surface area (Å²) in [4.78, 5) is 17.1. The number of benzene rings is 3. The van der Waals surface area contributed by atoms with Crippen LogP contribution in [0, 0.1) is 3.57 Å². The van der Waals surface area contributed by atoms with E-state index in [9.17, 15) is 4.79 Å². The van der Waals surface area contributed by atoms with Gasteiger partial charge in [0.2, 0.25) is 5.89 Å². The quantitative estimate of drug-likeness (QED) is 0.177. The minimum atomic E-state index is -0.384. The Bertz CT molecular complexity index is 1380. The number of anilines is 1. The molecule has 0 radical (unpaired) electrons. The molecule has 2 N–H and O–H groups in total. The van der Waals surface area contributed by atoms with Gasteiger partial charge in [0.25, 0.3) is 5.91 Å². The molecule has 0 fully saturated rings. The average Bonchev–Trinajstić information content (AvgIpc) is 3.20. The molecule has 1 aromatic heterocycles. The number of halogens is 3. The SMILES string of the molecule is CCOc1ccc(C(=O)NC(=S)Nc2ccc3oc(-c4cc(I)ccc4Br)nc3c2)cc1Cl. The Morgan fingerprint density at radius 2 is 2.03 bits per heavy atom. The number of aromatic nitrogens is 1. The number of thiocarbonyl (C=S) groups is 1. The fraction of sp³-hybridized carbons (Fsp3) is 0.0870. The monoisotopic (exact) mass is 655 g/mol. The summed E-state index contributed by atoms with van der Waals surface area (Å²) in [5, 5.41) is 6.15. The number of hydrogen-bond acceptors (Lipinski definition) is 5. The van der Waals surface area contributed by atoms with Gasteiger partial charge in [-0.1, -0.05) is 11.6 Å². The fourth-order valence-corrected chi connectivity index (χ4v) is 4.39. The van der Waals surface area contributed by atoms with Crippen molar-refractivity contribution in [3.05, 3.63) is 73.2 Å². The predicted molar refractivity (Wildman–Crippen MR) is 146 cm³/mol. The molecular weight excluding hydrogens is 641 g/mol. The van der Waals surface area contributed by atoms with Gasteiger partial charge in [-0.05, 0) is 112 Å². The molecule has 33 heavy (non-hydrogen) atoms. The number of hydrogen-bond donors (Lipinski definition) is 2. The van der Waals surface area contributed by atoms with Gasteiger partial charge in [-0.2, -0.15) is 0 Å². The van der Waals surface area contributed by atoms with E-state index < -0.39 is 0 Å². The predicted octanol–water partition coefficient (Wildman–Crippen LogP) is 7.04. The summed E-state index contributed by atoms with van der Waals surface area (Å²) in [5.74, 6) is 0.649. The first-order valence-corrected chi connectivity index (χ1v) is 12.4. The van der Waals surface area contributed by atoms with Gasteiger partial charge in [0.15, 0.2) is 10.7 Å². The Hall–Kier alpha value is -2.21. The maximum atomic E-state index is 12.5. The van der Waals surface area contributed by atoms with Crippen LogP contribution in [0.3, 0.4) is 0 Å². The Morgan fingerprint density at radius 1 is 1.21 bits per heavy atom. The highest BCUT2D eigenvalue weighted by Gasteiger charge is 2.14. The van der Waals surface area contributed by atoms with E-state index in [1.807, 2.05) is 25.1 Å². The van der Waals surface area contributed by atoms with Crippen LogP contribution in [0.2, 0.25) is 5.02 Å². The van der Waals surface area contributed by atoms with Crippen LogP contribution in [0.25, 0.3) is 22.6 Å². The first-order valence-electron chi connectivity index (χ1n) is 9.74. The standard InChI is InChI=1S/C23H16BrClIN3O3S/c1-2-31-19-7-3-12(9-17(19)25)21(30)29-23(33)27-14-5-8-20-18(11-14)28-22(32-20)15-10-13(26)4-6-16(15)24/h3-11H,2H2,1H3,(H2,27,29,30,33). The van der Waals surface area contributed by atoms with Gasteiger partial charge < -0.3 is 14.5 Å². The summed E-state index contributed by atoms with van der Waals surface area (Å²) in [6.45, 7) is 2.35. The van der Waals surface area contributed by atoms with E-state index >= 15 is 0 Å². The number of oxazole rings is 1. The maximum Gasteiger partial charge on any atom is 0.257 e. The first-order chi connectivity index (χ1) is 15.8. The summed E-state index contributed by atoms with van der Waals surface area (Å²) in [6, 6.07) is 16.2. The van der Waals surface area contributed by atoms with E-state index in [-0.39, 0.29) is 11.0 Å². The second kappa shape index (κ2) is 10.4. The fourth-order valence-electron chi connectivity index (χ4n) is 3.03. The molecule has 1 amide bonds. The molecule has 0 spiro atoms. The maximum absolute atomic E-state index is 12.5. The molecule has 10 heteroatoms. The summed E-state index contributed by atoms with van der Waals surface area (Å²) < 4.78 is 13.3. The van der Waals surface area contributed by atoms with Gasteiger partial charge in [-0.15, -0.1) is 0 Å². The molecule has 0 atom stereocenters. The second-order valence-electron chi connectivity index (χ2n) is 6.81. The third-order valence-electron chi connectivity index (χ3n) is 4.53. The molecule has 0 aliphatic rings. The molecule has 0 aliphatic carbocycles. The van der Waals surface area contributed by atoms with Crippen molar-refractivity contribution in [1.29, 1.82) is 0 Å². The molecule has 4 aromatic rings. The summed E-state index contributed by atoms with van der Waals surface area (Å²) in [7, 11) is 0. The van der Waals surface area contributed by atoms with Crippen LogP contribution in [0.4, 0.5) is 5.69 Å². The lowest BCUT2D eigenvalue weighted by atomic mass is 10.2. The van der Waals surface area contributed by atoms with E-state index in [1.165, 1.54) is 6.07 Å². The van der Waals surface area contributed by atoms with E-state index in [4.69, 9.17) is 33.0 Å². The molecule has 4 rings (SSSR count). The van der Waals surface area contributed by atoms with Gasteiger partial charge in [-0.25, -0.2) is 4.98 Å². The number of carbonyl (C=O) groups excluding carboxylic acids is 1. The van der Waals surface area contributed by atoms with Crippen molar-refractivity contribution in [1.82, 2.24) is 10.3 Å². The summed E-state index contributed by atoms with van der Waals surface area (Å²) >= 11 is 17.2. The van der Waals surface area contributed by atoms with Gasteiger partial charge in [-0.3, -0.25) is 10.1 Å². The lowest BCUT2D eigenvalue weighted by molar-refractivity contribution is 0.0977. The van der Waals surface area contributed by atoms with Crippen LogP contribution in [0.5, 0.6) is 5.75 Å². The lowest BCUT2D eigenvalue weighted by Gasteiger charge is -2.11. The number of nitrogens with one attached hydrogen (secondary N) is 2. The van der Waals surface area contributed by atoms with Crippen molar-refractivity contribution in [3.63, 3.8) is 0 Å². The van der Waals surface area contributed by atoms with E-state index in [1.54, 1.807) is 30.3 Å². The topological polar surface area (TPSA) is 76.4 Å². The highest BCUT2D eigenvalue weighted by atomic mass is 127. The van der Waals surface area contributed by atoms with Crippen molar-refractivity contribution in [2.24, 2.45) is 0 Å². The van der Waals surface area contributed by atoms with Crippen LogP contribution in [-0.4, -0.2) is 22.6 Å². The van der Waals surface area contributed by atoms with Gasteiger partial charge in [0, 0.05) is 19.3 Å². The normalized spacial score (nSPS) is 10.8. The van der Waals surface area contributed by atoms with Crippen molar-refractivity contribution in [2.75, 3.05) is 11.9 Å². The molecule has 6 nitrogen and oxygen atoms in total. The summed E-state index contributed by atoms with van der Waals surface area (Å²) in [6.07, 6.45) is 0. The average molecular weight is 657 g/mol. The zero-order valence-electron chi connectivity index (χ0n) is 17.1. The minimum absolute atomic E-state index is 0.147. The van der Waals surface area contributed by atoms with Crippen LogP contribution < -0.4 is 15.4 Å². The highest BCUT2D eigenvalue weighted by Crippen LogP contribution is 2.32. The first kappa shape index (κ1) is 23.9.